The quantitative estimate of drug-likeness (QED) is 0.142. The van der Waals surface area contributed by atoms with Crippen molar-refractivity contribution in [2.75, 3.05) is 9.80 Å². The summed E-state index contributed by atoms with van der Waals surface area (Å²) in [6, 6.07) is 93.8. The molecule has 2 nitrogen and oxygen atoms in total. The zero-order chi connectivity index (χ0) is 46.8. The minimum Gasteiger partial charge on any atom is -0.309 e. The van der Waals surface area contributed by atoms with Crippen LogP contribution in [0.2, 0.25) is 0 Å². The Morgan fingerprint density at radius 2 is 0.648 bits per heavy atom. The van der Waals surface area contributed by atoms with Crippen LogP contribution in [0.25, 0.3) is 93.9 Å². The minimum absolute atomic E-state index is 1.09. The van der Waals surface area contributed by atoms with Crippen LogP contribution in [0.5, 0.6) is 0 Å². The lowest BCUT2D eigenvalue weighted by atomic mass is 9.97. The van der Waals surface area contributed by atoms with Gasteiger partial charge in [-0.3, -0.25) is 0 Å². The Morgan fingerprint density at radius 1 is 0.239 bits per heavy atom. The summed E-state index contributed by atoms with van der Waals surface area (Å²) < 4.78 is 7.65. The molecular weight excluding hydrogens is 917 g/mol. The number of nitrogens with zero attached hydrogens (tertiary/aromatic N) is 2. The van der Waals surface area contributed by atoms with E-state index in [4.69, 9.17) is 0 Å². The largest absolute Gasteiger partial charge is 0.309 e. The summed E-state index contributed by atoms with van der Waals surface area (Å²) >= 11 is 5.60. The van der Waals surface area contributed by atoms with Crippen molar-refractivity contribution in [1.29, 1.82) is 0 Å². The molecule has 0 saturated carbocycles. The summed E-state index contributed by atoms with van der Waals surface area (Å²) in [5.41, 5.74) is 13.8. The first-order valence-corrected chi connectivity index (χ1v) is 26.4. The van der Waals surface area contributed by atoms with Gasteiger partial charge in [-0.25, -0.2) is 0 Å². The molecule has 3 heterocycles. The highest BCUT2D eigenvalue weighted by atomic mass is 32.1. The summed E-state index contributed by atoms with van der Waals surface area (Å²) in [4.78, 5) is 5.07. The molecule has 14 aromatic rings. The van der Waals surface area contributed by atoms with Crippen molar-refractivity contribution >= 4 is 129 Å². The summed E-state index contributed by atoms with van der Waals surface area (Å²) in [6.45, 7) is 0. The van der Waals surface area contributed by atoms with E-state index in [9.17, 15) is 0 Å². The maximum atomic E-state index is 2.56. The van der Waals surface area contributed by atoms with E-state index in [-0.39, 0.29) is 0 Å². The van der Waals surface area contributed by atoms with Gasteiger partial charge in [0.1, 0.15) is 0 Å². The molecule has 334 valence electrons. The smallest absolute Gasteiger partial charge is 0.0640 e. The SMILES string of the molecule is c1ccc(-c2ccc(-c3cccc(N(c4ccccc4-c4ccccc4N(c4cccc5c4sc4ccccc45)c4cccc5sc6ccccc6c45)c4cccc5sc6ccccc6c45)c3)cc2)cc1. The number of para-hydroxylation sites is 2. The zero-order valence-electron chi connectivity index (χ0n) is 38.4. The first-order valence-electron chi connectivity index (χ1n) is 24.0. The van der Waals surface area contributed by atoms with E-state index in [1.165, 1.54) is 77.2 Å². The van der Waals surface area contributed by atoms with Crippen molar-refractivity contribution in [3.8, 4) is 33.4 Å². The Morgan fingerprint density at radius 3 is 1.30 bits per heavy atom. The molecule has 0 radical (unpaired) electrons. The van der Waals surface area contributed by atoms with Crippen LogP contribution >= 0.6 is 34.0 Å². The first-order chi connectivity index (χ1) is 35.2. The van der Waals surface area contributed by atoms with Gasteiger partial charge >= 0.3 is 0 Å². The van der Waals surface area contributed by atoms with E-state index in [0.717, 1.165) is 50.8 Å². The number of hydrogen-bond donors (Lipinski definition) is 0. The van der Waals surface area contributed by atoms with E-state index in [1.54, 1.807) is 0 Å². The number of anilines is 6. The van der Waals surface area contributed by atoms with Crippen LogP contribution in [0.1, 0.15) is 0 Å². The molecule has 0 aliphatic carbocycles. The van der Waals surface area contributed by atoms with E-state index in [0.29, 0.717) is 0 Å². The highest BCUT2D eigenvalue weighted by Crippen LogP contribution is 2.53. The molecule has 0 atom stereocenters. The van der Waals surface area contributed by atoms with Crippen LogP contribution < -0.4 is 9.80 Å². The van der Waals surface area contributed by atoms with Crippen LogP contribution in [0.3, 0.4) is 0 Å². The normalized spacial score (nSPS) is 11.7. The standard InChI is InChI=1S/C66H42N2S3/c1-2-18-43(19-3-1)44-38-40-45(41-39-44)46-20-14-21-47(42-46)67(56-30-16-36-62-64(56)52-25-7-12-34-60(52)69-62)54-28-9-4-22-48(54)49-23-5-10-29-55(49)68(57-31-17-37-63-65(57)53-26-8-13-35-61(53)70-63)58-32-15-27-51-50-24-6-11-33-59(50)71-66(51)58/h1-42H. The predicted molar refractivity (Wildman–Crippen MR) is 311 cm³/mol. The van der Waals surface area contributed by atoms with Crippen LogP contribution in [-0.2, 0) is 0 Å². The summed E-state index contributed by atoms with van der Waals surface area (Å²) in [5, 5.41) is 7.60. The van der Waals surface area contributed by atoms with Gasteiger partial charge in [0.2, 0.25) is 0 Å². The highest BCUT2D eigenvalue weighted by Gasteiger charge is 2.27. The molecule has 14 rings (SSSR count). The maximum Gasteiger partial charge on any atom is 0.0640 e. The molecule has 0 aliphatic heterocycles. The van der Waals surface area contributed by atoms with Gasteiger partial charge in [0.15, 0.2) is 0 Å². The second-order valence-corrected chi connectivity index (χ2v) is 21.2. The van der Waals surface area contributed by atoms with Gasteiger partial charge in [-0.2, -0.15) is 0 Å². The van der Waals surface area contributed by atoms with E-state index >= 15 is 0 Å². The number of rotatable bonds is 9. The van der Waals surface area contributed by atoms with Gasteiger partial charge in [0.25, 0.3) is 0 Å². The fraction of sp³-hybridized carbons (Fsp3) is 0. The molecule has 0 saturated heterocycles. The molecule has 0 amide bonds. The fourth-order valence-electron chi connectivity index (χ4n) is 10.7. The lowest BCUT2D eigenvalue weighted by Gasteiger charge is -2.32. The van der Waals surface area contributed by atoms with E-state index in [1.807, 2.05) is 34.0 Å². The second-order valence-electron chi connectivity index (χ2n) is 17.9. The second kappa shape index (κ2) is 17.3. The van der Waals surface area contributed by atoms with Crippen molar-refractivity contribution in [2.24, 2.45) is 0 Å². The topological polar surface area (TPSA) is 6.48 Å². The number of thiophene rings is 3. The minimum atomic E-state index is 1.09. The Bertz CT molecular complexity index is 4310. The monoisotopic (exact) mass is 958 g/mol. The van der Waals surface area contributed by atoms with Crippen molar-refractivity contribution in [2.45, 2.75) is 0 Å². The van der Waals surface area contributed by atoms with Crippen molar-refractivity contribution in [3.05, 3.63) is 255 Å². The van der Waals surface area contributed by atoms with Crippen molar-refractivity contribution in [1.82, 2.24) is 0 Å². The molecule has 0 aliphatic rings. The Kier molecular flexibility index (Phi) is 10.1. The van der Waals surface area contributed by atoms with Crippen molar-refractivity contribution in [3.63, 3.8) is 0 Å². The number of hydrogen-bond acceptors (Lipinski definition) is 5. The third-order valence-electron chi connectivity index (χ3n) is 13.9. The Hall–Kier alpha value is -8.32. The van der Waals surface area contributed by atoms with Gasteiger partial charge in [-0.15, -0.1) is 34.0 Å². The summed E-state index contributed by atoms with van der Waals surface area (Å²) in [6.07, 6.45) is 0. The third kappa shape index (κ3) is 7.04. The van der Waals surface area contributed by atoms with E-state index < -0.39 is 0 Å². The van der Waals surface area contributed by atoms with Gasteiger partial charge in [0, 0.05) is 72.6 Å². The Balaban J connectivity index is 1.02. The zero-order valence-corrected chi connectivity index (χ0v) is 40.8. The first kappa shape index (κ1) is 41.6. The van der Waals surface area contributed by atoms with Gasteiger partial charge in [-0.1, -0.05) is 182 Å². The van der Waals surface area contributed by atoms with Crippen LogP contribution in [0.15, 0.2) is 255 Å². The molecule has 3 aromatic heterocycles. The lowest BCUT2D eigenvalue weighted by molar-refractivity contribution is 1.29. The average Bonchev–Trinajstić information content (AvgIpc) is 4.15. The van der Waals surface area contributed by atoms with Crippen LogP contribution in [-0.4, -0.2) is 0 Å². The van der Waals surface area contributed by atoms with E-state index in [2.05, 4.69) is 265 Å². The molecule has 0 bridgehead atoms. The molecule has 11 aromatic carbocycles. The van der Waals surface area contributed by atoms with Crippen molar-refractivity contribution < 1.29 is 0 Å². The molecule has 71 heavy (non-hydrogen) atoms. The third-order valence-corrected chi connectivity index (χ3v) is 17.4. The maximum absolute atomic E-state index is 2.56. The van der Waals surface area contributed by atoms with Crippen LogP contribution in [0, 0.1) is 0 Å². The predicted octanol–water partition coefficient (Wildman–Crippen LogP) is 20.7. The molecule has 0 N–H and O–H groups in total. The van der Waals surface area contributed by atoms with Gasteiger partial charge < -0.3 is 9.80 Å². The summed E-state index contributed by atoms with van der Waals surface area (Å²) in [5.74, 6) is 0. The molecule has 0 unspecified atom stereocenters. The van der Waals surface area contributed by atoms with Crippen LogP contribution in [0.4, 0.5) is 34.1 Å². The summed E-state index contributed by atoms with van der Waals surface area (Å²) in [7, 11) is 0. The number of fused-ring (bicyclic) bond motifs is 9. The Labute approximate surface area is 423 Å². The molecule has 0 spiro atoms. The fourth-order valence-corrected chi connectivity index (χ4v) is 14.2. The highest BCUT2D eigenvalue weighted by molar-refractivity contribution is 7.27. The average molecular weight is 959 g/mol. The molecular formula is C66H42N2S3. The number of benzene rings is 11. The van der Waals surface area contributed by atoms with Gasteiger partial charge in [-0.05, 0) is 95.1 Å². The molecule has 0 fully saturated rings. The molecule has 5 heteroatoms. The van der Waals surface area contributed by atoms with Gasteiger partial charge in [0.05, 0.1) is 33.1 Å². The lowest BCUT2D eigenvalue weighted by Crippen LogP contribution is -2.14.